The molecule has 0 spiro atoms. The predicted octanol–water partition coefficient (Wildman–Crippen LogP) is 1.85. The number of thiazole rings is 1. The van der Waals surface area contributed by atoms with Crippen molar-refractivity contribution < 1.29 is 9.90 Å². The molecule has 0 bridgehead atoms. The van der Waals surface area contributed by atoms with Crippen LogP contribution in [0.5, 0.6) is 0 Å². The molecule has 2 aromatic heterocycles. The second kappa shape index (κ2) is 4.71. The summed E-state index contributed by atoms with van der Waals surface area (Å²) in [6.45, 7) is 0.665. The number of hydrogen-bond acceptors (Lipinski definition) is 5. The lowest BCUT2D eigenvalue weighted by molar-refractivity contribution is 0.0690. The van der Waals surface area contributed by atoms with Crippen molar-refractivity contribution in [2.24, 2.45) is 0 Å². The van der Waals surface area contributed by atoms with Crippen molar-refractivity contribution in [1.82, 2.24) is 9.97 Å². The van der Waals surface area contributed by atoms with Crippen LogP contribution in [-0.4, -0.2) is 21.0 Å². The molecule has 0 aliphatic heterocycles. The van der Waals surface area contributed by atoms with Gasteiger partial charge in [-0.15, -0.1) is 11.3 Å². The standard InChI is InChI=1S/C10H9N3O2S/c14-10(15)9-2-1-7(3-13-9)12-5-8-4-11-6-16-8/h1-4,6,12H,5H2,(H,14,15). The lowest BCUT2D eigenvalue weighted by atomic mass is 10.3. The number of carboxylic acid groups (broad SMARTS) is 1. The van der Waals surface area contributed by atoms with Crippen LogP contribution < -0.4 is 5.32 Å². The first kappa shape index (κ1) is 10.6. The maximum absolute atomic E-state index is 10.6. The van der Waals surface area contributed by atoms with Crippen LogP contribution in [0.4, 0.5) is 5.69 Å². The zero-order valence-electron chi connectivity index (χ0n) is 8.25. The number of nitrogens with zero attached hydrogens (tertiary/aromatic N) is 2. The molecule has 0 atom stereocenters. The first-order valence-corrected chi connectivity index (χ1v) is 5.44. The Balaban J connectivity index is 1.98. The first-order chi connectivity index (χ1) is 7.75. The Bertz CT molecular complexity index is 467. The molecule has 0 saturated carbocycles. The minimum absolute atomic E-state index is 0.0448. The van der Waals surface area contributed by atoms with Gasteiger partial charge in [0.15, 0.2) is 0 Å². The molecule has 0 amide bonds. The van der Waals surface area contributed by atoms with Gasteiger partial charge in [-0.1, -0.05) is 0 Å². The Kier molecular flexibility index (Phi) is 3.11. The van der Waals surface area contributed by atoms with Gasteiger partial charge in [-0.25, -0.2) is 9.78 Å². The van der Waals surface area contributed by atoms with Gasteiger partial charge in [-0.2, -0.15) is 0 Å². The van der Waals surface area contributed by atoms with Crippen LogP contribution in [-0.2, 0) is 6.54 Å². The van der Waals surface area contributed by atoms with E-state index in [1.807, 2.05) is 0 Å². The maximum Gasteiger partial charge on any atom is 0.354 e. The number of carboxylic acids is 1. The second-order valence-corrected chi connectivity index (χ2v) is 4.03. The molecule has 2 N–H and O–H groups in total. The predicted molar refractivity (Wildman–Crippen MR) is 60.6 cm³/mol. The van der Waals surface area contributed by atoms with Crippen LogP contribution in [0.2, 0.25) is 0 Å². The van der Waals surface area contributed by atoms with Crippen LogP contribution in [0.15, 0.2) is 30.0 Å². The number of pyridine rings is 1. The van der Waals surface area contributed by atoms with Crippen molar-refractivity contribution in [3.63, 3.8) is 0 Å². The fourth-order valence-electron chi connectivity index (χ4n) is 1.14. The molecule has 0 radical (unpaired) electrons. The summed E-state index contributed by atoms with van der Waals surface area (Å²) in [6, 6.07) is 3.16. The van der Waals surface area contributed by atoms with Crippen LogP contribution >= 0.6 is 11.3 Å². The molecule has 0 aromatic carbocycles. The highest BCUT2D eigenvalue weighted by molar-refractivity contribution is 7.09. The molecule has 0 unspecified atom stereocenters. The summed E-state index contributed by atoms with van der Waals surface area (Å²) in [4.78, 5) is 19.4. The van der Waals surface area contributed by atoms with Crippen molar-refractivity contribution >= 4 is 23.0 Å². The summed E-state index contributed by atoms with van der Waals surface area (Å²) in [5.41, 5.74) is 2.60. The van der Waals surface area contributed by atoms with Crippen molar-refractivity contribution in [3.8, 4) is 0 Å². The molecule has 2 heterocycles. The molecule has 0 fully saturated rings. The maximum atomic E-state index is 10.6. The number of aromatic nitrogens is 2. The molecule has 2 aromatic rings. The number of anilines is 1. The molecule has 82 valence electrons. The van der Waals surface area contributed by atoms with E-state index in [0.29, 0.717) is 6.54 Å². The number of nitrogens with one attached hydrogen (secondary N) is 1. The van der Waals surface area contributed by atoms with E-state index >= 15 is 0 Å². The van der Waals surface area contributed by atoms with Crippen molar-refractivity contribution in [2.45, 2.75) is 6.54 Å². The van der Waals surface area contributed by atoms with Crippen LogP contribution in [0, 0.1) is 0 Å². The Morgan fingerprint density at radius 3 is 2.88 bits per heavy atom. The van der Waals surface area contributed by atoms with E-state index in [-0.39, 0.29) is 5.69 Å². The first-order valence-electron chi connectivity index (χ1n) is 4.56. The number of rotatable bonds is 4. The van der Waals surface area contributed by atoms with E-state index in [1.54, 1.807) is 29.1 Å². The van der Waals surface area contributed by atoms with E-state index in [1.165, 1.54) is 12.3 Å². The topological polar surface area (TPSA) is 75.1 Å². The fourth-order valence-corrected chi connectivity index (χ4v) is 1.68. The van der Waals surface area contributed by atoms with Crippen LogP contribution in [0.3, 0.4) is 0 Å². The highest BCUT2D eigenvalue weighted by atomic mass is 32.1. The van der Waals surface area contributed by atoms with Crippen LogP contribution in [0.25, 0.3) is 0 Å². The number of carbonyl (C=O) groups is 1. The van der Waals surface area contributed by atoms with Gasteiger partial charge < -0.3 is 10.4 Å². The number of aromatic carboxylic acids is 1. The molecular formula is C10H9N3O2S. The SMILES string of the molecule is O=C(O)c1ccc(NCc2cncs2)cn1. The molecule has 0 saturated heterocycles. The molecule has 0 aliphatic carbocycles. The van der Waals surface area contributed by atoms with Gasteiger partial charge in [0.25, 0.3) is 0 Å². The van der Waals surface area contributed by atoms with E-state index in [4.69, 9.17) is 5.11 Å². The van der Waals surface area contributed by atoms with Gasteiger partial charge in [-0.3, -0.25) is 4.98 Å². The van der Waals surface area contributed by atoms with Crippen molar-refractivity contribution in [1.29, 1.82) is 0 Å². The average Bonchev–Trinajstić information content (AvgIpc) is 2.80. The van der Waals surface area contributed by atoms with Gasteiger partial charge in [0, 0.05) is 11.1 Å². The second-order valence-electron chi connectivity index (χ2n) is 3.06. The highest BCUT2D eigenvalue weighted by Gasteiger charge is 2.03. The normalized spacial score (nSPS) is 10.0. The van der Waals surface area contributed by atoms with Crippen molar-refractivity contribution in [2.75, 3.05) is 5.32 Å². The van der Waals surface area contributed by atoms with Gasteiger partial charge >= 0.3 is 5.97 Å². The third-order valence-corrected chi connectivity index (χ3v) is 2.71. The third-order valence-electron chi connectivity index (χ3n) is 1.93. The molecule has 2 rings (SSSR count). The monoisotopic (exact) mass is 235 g/mol. The van der Waals surface area contributed by atoms with Crippen LogP contribution in [0.1, 0.15) is 15.4 Å². The Morgan fingerprint density at radius 2 is 2.31 bits per heavy atom. The van der Waals surface area contributed by atoms with Gasteiger partial charge in [0.2, 0.25) is 0 Å². The van der Waals surface area contributed by atoms with Crippen molar-refractivity contribution in [3.05, 3.63) is 40.6 Å². The molecular weight excluding hydrogens is 226 g/mol. The summed E-state index contributed by atoms with van der Waals surface area (Å²) >= 11 is 1.56. The van der Waals surface area contributed by atoms with Gasteiger partial charge in [0.1, 0.15) is 5.69 Å². The average molecular weight is 235 g/mol. The smallest absolute Gasteiger partial charge is 0.354 e. The quantitative estimate of drug-likeness (QED) is 0.845. The minimum atomic E-state index is -1.02. The number of hydrogen-bond donors (Lipinski definition) is 2. The summed E-state index contributed by atoms with van der Waals surface area (Å²) in [5.74, 6) is -1.02. The summed E-state index contributed by atoms with van der Waals surface area (Å²) in [6.07, 6.45) is 3.29. The van der Waals surface area contributed by atoms with E-state index in [9.17, 15) is 4.79 Å². The fraction of sp³-hybridized carbons (Fsp3) is 0.100. The molecule has 0 aliphatic rings. The van der Waals surface area contributed by atoms with Gasteiger partial charge in [-0.05, 0) is 12.1 Å². The lowest BCUT2D eigenvalue weighted by Crippen LogP contribution is -2.02. The summed E-state index contributed by atoms with van der Waals surface area (Å²) in [7, 11) is 0. The molecule has 6 heteroatoms. The molecule has 16 heavy (non-hydrogen) atoms. The third kappa shape index (κ3) is 2.54. The zero-order valence-corrected chi connectivity index (χ0v) is 9.07. The Morgan fingerprint density at radius 1 is 1.44 bits per heavy atom. The Hall–Kier alpha value is -1.95. The molecule has 5 nitrogen and oxygen atoms in total. The van der Waals surface area contributed by atoms with E-state index < -0.39 is 5.97 Å². The minimum Gasteiger partial charge on any atom is -0.477 e. The lowest BCUT2D eigenvalue weighted by Gasteiger charge is -2.03. The summed E-state index contributed by atoms with van der Waals surface area (Å²) in [5, 5.41) is 11.8. The highest BCUT2D eigenvalue weighted by Crippen LogP contribution is 2.11. The van der Waals surface area contributed by atoms with E-state index in [0.717, 1.165) is 10.6 Å². The van der Waals surface area contributed by atoms with E-state index in [2.05, 4.69) is 15.3 Å². The summed E-state index contributed by atoms with van der Waals surface area (Å²) < 4.78 is 0. The Labute approximate surface area is 95.8 Å². The largest absolute Gasteiger partial charge is 0.477 e. The van der Waals surface area contributed by atoms with Gasteiger partial charge in [0.05, 0.1) is 23.9 Å². The zero-order chi connectivity index (χ0) is 11.4.